The molecule has 0 aromatic heterocycles. The highest BCUT2D eigenvalue weighted by Crippen LogP contribution is 2.30. The third-order valence-electron chi connectivity index (χ3n) is 3.15. The van der Waals surface area contributed by atoms with Crippen molar-refractivity contribution < 1.29 is 4.39 Å². The number of hydrogen-bond acceptors (Lipinski definition) is 0. The van der Waals surface area contributed by atoms with Crippen LogP contribution in [0, 0.1) is 19.7 Å². The van der Waals surface area contributed by atoms with Gasteiger partial charge in [-0.3, -0.25) is 0 Å². The molecule has 0 amide bonds. The first-order valence-corrected chi connectivity index (χ1v) is 7.83. The molecular formula is C16H15Br2F. The molecule has 0 nitrogen and oxygen atoms in total. The van der Waals surface area contributed by atoms with Gasteiger partial charge in [0.05, 0.1) is 0 Å². The minimum Gasteiger partial charge on any atom is -0.206 e. The van der Waals surface area contributed by atoms with E-state index in [-0.39, 0.29) is 10.6 Å². The van der Waals surface area contributed by atoms with Crippen molar-refractivity contribution in [1.29, 1.82) is 0 Å². The summed E-state index contributed by atoms with van der Waals surface area (Å²) in [7, 11) is 0. The quantitative estimate of drug-likeness (QED) is 0.578. The van der Waals surface area contributed by atoms with Crippen LogP contribution in [0.25, 0.3) is 0 Å². The van der Waals surface area contributed by atoms with Crippen LogP contribution < -0.4 is 0 Å². The van der Waals surface area contributed by atoms with E-state index in [1.807, 2.05) is 38.1 Å². The fourth-order valence-electron chi connectivity index (χ4n) is 2.11. The molecule has 3 heteroatoms. The Bertz CT molecular complexity index is 553. The highest BCUT2D eigenvalue weighted by molar-refractivity contribution is 9.10. The number of rotatable bonds is 3. The smallest absolute Gasteiger partial charge is 0.129 e. The highest BCUT2D eigenvalue weighted by Gasteiger charge is 2.12. The zero-order chi connectivity index (χ0) is 14.0. The summed E-state index contributed by atoms with van der Waals surface area (Å²) in [6.07, 6.45) is 0.887. The normalized spacial score (nSPS) is 12.5. The molecule has 0 saturated carbocycles. The molecule has 0 spiro atoms. The van der Waals surface area contributed by atoms with Crippen LogP contribution in [0.15, 0.2) is 40.9 Å². The lowest BCUT2D eigenvalue weighted by Gasteiger charge is -2.13. The number of halogens is 3. The van der Waals surface area contributed by atoms with Crippen LogP contribution in [-0.2, 0) is 6.42 Å². The lowest BCUT2D eigenvalue weighted by Crippen LogP contribution is -1.99. The first kappa shape index (κ1) is 14.7. The molecule has 0 N–H and O–H groups in total. The van der Waals surface area contributed by atoms with E-state index in [1.165, 1.54) is 5.56 Å². The fourth-order valence-corrected chi connectivity index (χ4v) is 3.01. The molecule has 1 unspecified atom stereocenters. The van der Waals surface area contributed by atoms with Gasteiger partial charge in [-0.15, -0.1) is 0 Å². The van der Waals surface area contributed by atoms with Gasteiger partial charge in [-0.05, 0) is 54.7 Å². The van der Waals surface area contributed by atoms with Crippen LogP contribution in [0.5, 0.6) is 0 Å². The van der Waals surface area contributed by atoms with Gasteiger partial charge in [-0.1, -0.05) is 56.1 Å². The second-order valence-electron chi connectivity index (χ2n) is 4.77. The summed E-state index contributed by atoms with van der Waals surface area (Å²) in [6.45, 7) is 3.62. The van der Waals surface area contributed by atoms with Gasteiger partial charge in [0.2, 0.25) is 0 Å². The number of aryl methyl sites for hydroxylation is 2. The Morgan fingerprint density at radius 1 is 1.05 bits per heavy atom. The van der Waals surface area contributed by atoms with E-state index in [0.29, 0.717) is 11.1 Å². The molecule has 0 aliphatic carbocycles. The molecule has 0 fully saturated rings. The van der Waals surface area contributed by atoms with E-state index in [4.69, 9.17) is 0 Å². The Hall–Kier alpha value is -0.670. The molecule has 2 rings (SSSR count). The summed E-state index contributed by atoms with van der Waals surface area (Å²) in [5, 5.41) is 0. The van der Waals surface area contributed by atoms with Crippen molar-refractivity contribution >= 4 is 31.9 Å². The second-order valence-corrected chi connectivity index (χ2v) is 6.79. The van der Waals surface area contributed by atoms with Crippen LogP contribution in [0.4, 0.5) is 4.39 Å². The molecule has 0 radical (unpaired) electrons. The van der Waals surface area contributed by atoms with E-state index in [2.05, 4.69) is 44.0 Å². The largest absolute Gasteiger partial charge is 0.206 e. The maximum atomic E-state index is 13.6. The van der Waals surface area contributed by atoms with E-state index in [0.717, 1.165) is 16.5 Å². The number of alkyl halides is 1. The molecule has 0 heterocycles. The van der Waals surface area contributed by atoms with Crippen LogP contribution in [0.2, 0.25) is 0 Å². The summed E-state index contributed by atoms with van der Waals surface area (Å²) in [5.41, 5.74) is 3.79. The molecular weight excluding hydrogens is 371 g/mol. The lowest BCUT2D eigenvalue weighted by atomic mass is 10.00. The summed E-state index contributed by atoms with van der Waals surface area (Å²) < 4.78 is 14.7. The van der Waals surface area contributed by atoms with Gasteiger partial charge in [0.25, 0.3) is 0 Å². The average Bonchev–Trinajstić information content (AvgIpc) is 2.38. The van der Waals surface area contributed by atoms with Gasteiger partial charge in [-0.2, -0.15) is 0 Å². The minimum absolute atomic E-state index is 0.105. The molecule has 100 valence electrons. The Labute approximate surface area is 130 Å². The molecule has 1 atom stereocenters. The van der Waals surface area contributed by atoms with Crippen LogP contribution in [0.1, 0.15) is 27.1 Å². The van der Waals surface area contributed by atoms with Crippen LogP contribution in [0.3, 0.4) is 0 Å². The monoisotopic (exact) mass is 384 g/mol. The number of benzene rings is 2. The van der Waals surface area contributed by atoms with E-state index >= 15 is 0 Å². The SMILES string of the molecule is Cc1cc(C(Br)Cc2ccc(Br)cc2)cc(C)c1F. The molecule has 19 heavy (non-hydrogen) atoms. The second kappa shape index (κ2) is 6.19. The summed E-state index contributed by atoms with van der Waals surface area (Å²) in [4.78, 5) is 0.201. The molecule has 0 aliphatic rings. The van der Waals surface area contributed by atoms with Crippen molar-refractivity contribution in [3.05, 3.63) is 68.9 Å². The van der Waals surface area contributed by atoms with Gasteiger partial charge in [0.15, 0.2) is 0 Å². The predicted octanol–water partition coefficient (Wildman–Crippen LogP) is 5.88. The Balaban J connectivity index is 2.20. The Morgan fingerprint density at radius 2 is 1.58 bits per heavy atom. The van der Waals surface area contributed by atoms with Crippen molar-refractivity contribution in [3.8, 4) is 0 Å². The van der Waals surface area contributed by atoms with Crippen molar-refractivity contribution in [2.24, 2.45) is 0 Å². The molecule has 2 aromatic rings. The third-order valence-corrected chi connectivity index (χ3v) is 4.53. The highest BCUT2D eigenvalue weighted by atomic mass is 79.9. The van der Waals surface area contributed by atoms with Gasteiger partial charge >= 0.3 is 0 Å². The van der Waals surface area contributed by atoms with E-state index in [1.54, 1.807) is 0 Å². The summed E-state index contributed by atoms with van der Waals surface area (Å²) in [5.74, 6) is -0.105. The number of hydrogen-bond donors (Lipinski definition) is 0. The topological polar surface area (TPSA) is 0 Å². The maximum absolute atomic E-state index is 13.6. The lowest BCUT2D eigenvalue weighted by molar-refractivity contribution is 0.608. The van der Waals surface area contributed by atoms with E-state index in [9.17, 15) is 4.39 Å². The Morgan fingerprint density at radius 3 is 2.11 bits per heavy atom. The van der Waals surface area contributed by atoms with Gasteiger partial charge in [0.1, 0.15) is 5.82 Å². The molecule has 0 saturated heterocycles. The molecule has 0 bridgehead atoms. The molecule has 2 aromatic carbocycles. The zero-order valence-electron chi connectivity index (χ0n) is 10.9. The fraction of sp³-hybridized carbons (Fsp3) is 0.250. The standard InChI is InChI=1S/C16H15Br2F/c1-10-7-13(8-11(2)16(10)19)15(18)9-12-3-5-14(17)6-4-12/h3-8,15H,9H2,1-2H3. The molecule has 0 aliphatic heterocycles. The van der Waals surface area contributed by atoms with Gasteiger partial charge < -0.3 is 0 Å². The van der Waals surface area contributed by atoms with Crippen molar-refractivity contribution in [2.75, 3.05) is 0 Å². The first-order valence-electron chi connectivity index (χ1n) is 6.12. The Kier molecular flexibility index (Phi) is 4.80. The average molecular weight is 386 g/mol. The first-order chi connectivity index (χ1) is 8.97. The van der Waals surface area contributed by atoms with Crippen molar-refractivity contribution in [2.45, 2.75) is 25.1 Å². The summed E-state index contributed by atoms with van der Waals surface area (Å²) >= 11 is 7.13. The van der Waals surface area contributed by atoms with Crippen LogP contribution in [-0.4, -0.2) is 0 Å². The third kappa shape index (κ3) is 3.67. The van der Waals surface area contributed by atoms with Gasteiger partial charge in [0, 0.05) is 9.30 Å². The van der Waals surface area contributed by atoms with Gasteiger partial charge in [-0.25, -0.2) is 4.39 Å². The maximum Gasteiger partial charge on any atom is 0.129 e. The zero-order valence-corrected chi connectivity index (χ0v) is 14.1. The van der Waals surface area contributed by atoms with Crippen molar-refractivity contribution in [3.63, 3.8) is 0 Å². The van der Waals surface area contributed by atoms with Crippen LogP contribution >= 0.6 is 31.9 Å². The minimum atomic E-state index is -0.105. The van der Waals surface area contributed by atoms with Crippen molar-refractivity contribution in [1.82, 2.24) is 0 Å². The predicted molar refractivity (Wildman–Crippen MR) is 85.4 cm³/mol. The van der Waals surface area contributed by atoms with E-state index < -0.39 is 0 Å². The summed E-state index contributed by atoms with van der Waals surface area (Å²) in [6, 6.07) is 12.1.